The zero-order valence-corrected chi connectivity index (χ0v) is 20.8. The van der Waals surface area contributed by atoms with Crippen LogP contribution in [0.4, 0.5) is 5.69 Å². The van der Waals surface area contributed by atoms with E-state index in [0.29, 0.717) is 28.8 Å². The van der Waals surface area contributed by atoms with E-state index < -0.39 is 0 Å². The van der Waals surface area contributed by atoms with Crippen LogP contribution in [0.1, 0.15) is 21.5 Å². The van der Waals surface area contributed by atoms with Crippen LogP contribution in [0.25, 0.3) is 22.3 Å². The molecule has 182 valence electrons. The molecule has 1 fully saturated rings. The smallest absolute Gasteiger partial charge is 0.259 e. The van der Waals surface area contributed by atoms with Crippen molar-refractivity contribution in [3.05, 3.63) is 99.7 Å². The lowest BCUT2D eigenvalue weighted by atomic mass is 10.0. The van der Waals surface area contributed by atoms with E-state index in [1.165, 1.54) is 0 Å². The van der Waals surface area contributed by atoms with Crippen LogP contribution >= 0.6 is 11.8 Å². The van der Waals surface area contributed by atoms with Crippen molar-refractivity contribution < 1.29 is 14.0 Å². The van der Waals surface area contributed by atoms with Gasteiger partial charge in [-0.1, -0.05) is 48.5 Å². The zero-order chi connectivity index (χ0) is 25.1. The summed E-state index contributed by atoms with van der Waals surface area (Å²) in [4.78, 5) is 40.7. The van der Waals surface area contributed by atoms with E-state index in [2.05, 4.69) is 5.32 Å². The van der Waals surface area contributed by atoms with E-state index in [1.807, 2.05) is 59.1 Å². The highest BCUT2D eigenvalue weighted by Gasteiger charge is 2.19. The van der Waals surface area contributed by atoms with E-state index in [0.717, 1.165) is 35.7 Å². The van der Waals surface area contributed by atoms with Crippen molar-refractivity contribution >= 4 is 40.2 Å². The highest BCUT2D eigenvalue weighted by molar-refractivity contribution is 7.99. The zero-order valence-electron chi connectivity index (χ0n) is 20.0. The van der Waals surface area contributed by atoms with Crippen molar-refractivity contribution in [1.29, 1.82) is 0 Å². The molecule has 0 radical (unpaired) electrons. The Morgan fingerprint density at radius 3 is 2.39 bits per heavy atom. The van der Waals surface area contributed by atoms with Gasteiger partial charge in [-0.05, 0) is 36.8 Å². The third-order valence-corrected chi connectivity index (χ3v) is 7.30. The third-order valence-electron chi connectivity index (χ3n) is 6.36. The fourth-order valence-corrected chi connectivity index (χ4v) is 5.26. The van der Waals surface area contributed by atoms with E-state index in [4.69, 9.17) is 4.42 Å². The molecule has 3 aromatic carbocycles. The first-order valence-corrected chi connectivity index (χ1v) is 13.0. The molecule has 6 nitrogen and oxygen atoms in total. The van der Waals surface area contributed by atoms with Crippen LogP contribution in [0.15, 0.2) is 82.0 Å². The molecule has 0 aliphatic carbocycles. The predicted molar refractivity (Wildman–Crippen MR) is 145 cm³/mol. The molecule has 36 heavy (non-hydrogen) atoms. The number of carbonyl (C=O) groups excluding carboxylic acids is 2. The minimum atomic E-state index is -0.374. The number of anilines is 1. The topological polar surface area (TPSA) is 79.6 Å². The number of nitrogens with one attached hydrogen (secondary N) is 1. The summed E-state index contributed by atoms with van der Waals surface area (Å²) in [7, 11) is 0. The lowest BCUT2D eigenvalue weighted by Crippen LogP contribution is -2.38. The summed E-state index contributed by atoms with van der Waals surface area (Å²) in [6, 6.07) is 21.7. The summed E-state index contributed by atoms with van der Waals surface area (Å²) >= 11 is 1.87. The maximum atomic E-state index is 13.2. The van der Waals surface area contributed by atoms with Crippen LogP contribution < -0.4 is 10.7 Å². The molecule has 2 heterocycles. The highest BCUT2D eigenvalue weighted by Crippen LogP contribution is 2.27. The number of hydrogen-bond acceptors (Lipinski definition) is 5. The summed E-state index contributed by atoms with van der Waals surface area (Å²) in [5.74, 6) is 2.17. The average Bonchev–Trinajstić information content (AvgIpc) is 2.92. The number of fused-ring (bicyclic) bond motifs is 1. The minimum absolute atomic E-state index is 0.127. The fraction of sp³-hybridized carbons (Fsp3) is 0.207. The number of rotatable bonds is 5. The van der Waals surface area contributed by atoms with Gasteiger partial charge in [0.25, 0.3) is 5.91 Å². The monoisotopic (exact) mass is 498 g/mol. The summed E-state index contributed by atoms with van der Waals surface area (Å²) in [6.07, 6.45) is 0.342. The molecule has 4 aromatic rings. The maximum absolute atomic E-state index is 13.2. The van der Waals surface area contributed by atoms with Crippen LogP contribution in [0.5, 0.6) is 0 Å². The Hall–Kier alpha value is -3.84. The molecule has 5 rings (SSSR count). The number of nitrogens with zero attached hydrogens (tertiary/aromatic N) is 1. The number of amides is 2. The number of thioether (sulfide) groups is 1. The van der Waals surface area contributed by atoms with E-state index >= 15 is 0 Å². The fourth-order valence-electron chi connectivity index (χ4n) is 4.36. The van der Waals surface area contributed by atoms with E-state index in [-0.39, 0.29) is 28.4 Å². The largest absolute Gasteiger partial charge is 0.455 e. The Kier molecular flexibility index (Phi) is 6.91. The van der Waals surface area contributed by atoms with Gasteiger partial charge in [0.2, 0.25) is 5.91 Å². The molecule has 0 atom stereocenters. The molecule has 1 aliphatic heterocycles. The second-order valence-corrected chi connectivity index (χ2v) is 9.98. The summed E-state index contributed by atoms with van der Waals surface area (Å²) < 4.78 is 6.17. The molecular formula is C29H26N2O4S. The van der Waals surface area contributed by atoms with Gasteiger partial charge >= 0.3 is 0 Å². The van der Waals surface area contributed by atoms with Gasteiger partial charge in [0.15, 0.2) is 11.0 Å². The predicted octanol–water partition coefficient (Wildman–Crippen LogP) is 5.14. The molecule has 0 saturated carbocycles. The van der Waals surface area contributed by atoms with E-state index in [1.54, 1.807) is 37.3 Å². The summed E-state index contributed by atoms with van der Waals surface area (Å²) in [5.41, 5.74) is 3.15. The lowest BCUT2D eigenvalue weighted by Gasteiger charge is -2.26. The Morgan fingerprint density at radius 2 is 1.67 bits per heavy atom. The van der Waals surface area contributed by atoms with Crippen molar-refractivity contribution in [1.82, 2.24) is 4.90 Å². The second-order valence-electron chi connectivity index (χ2n) is 8.75. The molecule has 7 heteroatoms. The van der Waals surface area contributed by atoms with Crippen molar-refractivity contribution in [2.45, 2.75) is 13.3 Å². The maximum Gasteiger partial charge on any atom is 0.259 e. The number of hydrogen-bond donors (Lipinski definition) is 1. The summed E-state index contributed by atoms with van der Waals surface area (Å²) in [5, 5.41) is 3.25. The molecular weight excluding hydrogens is 472 g/mol. The molecule has 0 spiro atoms. The second kappa shape index (κ2) is 10.4. The van der Waals surface area contributed by atoms with Gasteiger partial charge < -0.3 is 14.6 Å². The van der Waals surface area contributed by atoms with Crippen LogP contribution in [0, 0.1) is 6.92 Å². The number of benzene rings is 3. The Labute approximate surface area is 213 Å². The van der Waals surface area contributed by atoms with Gasteiger partial charge in [-0.25, -0.2) is 0 Å². The SMILES string of the molecule is Cc1c(-c2ccccc2)oc2c(C(=O)Nc3ccc(CC(=O)N4CCSCC4)cc3)cccc2c1=O. The van der Waals surface area contributed by atoms with Crippen LogP contribution in [-0.4, -0.2) is 41.3 Å². The van der Waals surface area contributed by atoms with Crippen LogP contribution in [-0.2, 0) is 11.2 Å². The Balaban J connectivity index is 1.38. The number of para-hydroxylation sites is 1. The first kappa shape index (κ1) is 23.9. The molecule has 1 saturated heterocycles. The van der Waals surface area contributed by atoms with Crippen LogP contribution in [0.3, 0.4) is 0 Å². The third kappa shape index (κ3) is 4.93. The Morgan fingerprint density at radius 1 is 0.944 bits per heavy atom. The van der Waals surface area contributed by atoms with Gasteiger partial charge in [0, 0.05) is 41.4 Å². The first-order chi connectivity index (χ1) is 17.5. The van der Waals surface area contributed by atoms with Gasteiger partial charge in [0.05, 0.1) is 17.4 Å². The van der Waals surface area contributed by atoms with Crippen LogP contribution in [0.2, 0.25) is 0 Å². The minimum Gasteiger partial charge on any atom is -0.455 e. The molecule has 0 unspecified atom stereocenters. The molecule has 1 aromatic heterocycles. The molecule has 1 N–H and O–H groups in total. The average molecular weight is 499 g/mol. The van der Waals surface area contributed by atoms with Gasteiger partial charge in [0.1, 0.15) is 5.76 Å². The van der Waals surface area contributed by atoms with Gasteiger partial charge in [-0.15, -0.1) is 0 Å². The Bertz CT molecular complexity index is 1470. The quantitative estimate of drug-likeness (QED) is 0.412. The van der Waals surface area contributed by atoms with E-state index in [9.17, 15) is 14.4 Å². The van der Waals surface area contributed by atoms with Gasteiger partial charge in [-0.2, -0.15) is 11.8 Å². The van der Waals surface area contributed by atoms with Crippen molar-refractivity contribution in [2.75, 3.05) is 29.9 Å². The van der Waals surface area contributed by atoms with Crippen molar-refractivity contribution in [3.8, 4) is 11.3 Å². The normalized spacial score (nSPS) is 13.5. The highest BCUT2D eigenvalue weighted by atomic mass is 32.2. The first-order valence-electron chi connectivity index (χ1n) is 11.9. The summed E-state index contributed by atoms with van der Waals surface area (Å²) in [6.45, 7) is 3.32. The lowest BCUT2D eigenvalue weighted by molar-refractivity contribution is -0.130. The van der Waals surface area contributed by atoms with Crippen molar-refractivity contribution in [3.63, 3.8) is 0 Å². The molecule has 0 bridgehead atoms. The van der Waals surface area contributed by atoms with Gasteiger partial charge in [-0.3, -0.25) is 14.4 Å². The number of carbonyl (C=O) groups is 2. The standard InChI is InChI=1S/C29H26N2O4S/c1-19-26(33)23-8-5-9-24(28(23)35-27(19)21-6-3-2-4-7-21)29(34)30-22-12-10-20(11-13-22)18-25(32)31-14-16-36-17-15-31/h2-13H,14-18H2,1H3,(H,30,34). The van der Waals surface area contributed by atoms with Crippen molar-refractivity contribution in [2.24, 2.45) is 0 Å². The molecule has 1 aliphatic rings. The molecule has 2 amide bonds.